The summed E-state index contributed by atoms with van der Waals surface area (Å²) in [6.45, 7) is 2.36. The molecule has 4 N–H and O–H groups in total. The van der Waals surface area contributed by atoms with Gasteiger partial charge in [0.15, 0.2) is 5.96 Å². The fraction of sp³-hybridized carbons (Fsp3) is 0.579. The van der Waals surface area contributed by atoms with E-state index in [1.165, 1.54) is 25.7 Å². The highest BCUT2D eigenvalue weighted by molar-refractivity contribution is 14.0. The summed E-state index contributed by atoms with van der Waals surface area (Å²) in [5, 5.41) is 6.79. The number of nitrogens with two attached hydrogens (primary N) is 1. The van der Waals surface area contributed by atoms with E-state index >= 15 is 0 Å². The second-order valence-corrected chi connectivity index (χ2v) is 6.79. The molecule has 0 unspecified atom stereocenters. The lowest BCUT2D eigenvalue weighted by Crippen LogP contribution is -2.43. The highest BCUT2D eigenvalue weighted by atomic mass is 127. The molecule has 0 aliphatic heterocycles. The molecule has 0 bridgehead atoms. The fourth-order valence-corrected chi connectivity index (χ4v) is 3.42. The quantitative estimate of drug-likeness (QED) is 0.307. The van der Waals surface area contributed by atoms with Gasteiger partial charge in [-0.25, -0.2) is 0 Å². The number of ether oxygens (including phenoxy) is 1. The lowest BCUT2D eigenvalue weighted by Gasteiger charge is -2.30. The van der Waals surface area contributed by atoms with Crippen LogP contribution in [0.2, 0.25) is 0 Å². The van der Waals surface area contributed by atoms with Crippen molar-refractivity contribution < 1.29 is 9.53 Å². The van der Waals surface area contributed by atoms with Gasteiger partial charge in [-0.2, -0.15) is 0 Å². The van der Waals surface area contributed by atoms with Crippen molar-refractivity contribution >= 4 is 35.8 Å². The molecule has 0 heterocycles. The van der Waals surface area contributed by atoms with E-state index in [1.807, 2.05) is 12.1 Å². The first kappa shape index (κ1) is 22.7. The molecule has 1 aromatic rings. The van der Waals surface area contributed by atoms with Crippen LogP contribution in [-0.4, -0.2) is 39.2 Å². The Hall–Kier alpha value is -1.35. The van der Waals surface area contributed by atoms with E-state index in [4.69, 9.17) is 10.5 Å². The Bertz CT molecular complexity index is 584. The second kappa shape index (κ2) is 11.4. The summed E-state index contributed by atoms with van der Waals surface area (Å²) in [5.74, 6) is 0.387. The molecule has 7 heteroatoms. The van der Waals surface area contributed by atoms with Crippen LogP contribution in [0.5, 0.6) is 0 Å². The lowest BCUT2D eigenvalue weighted by molar-refractivity contribution is 0.100. The van der Waals surface area contributed by atoms with Gasteiger partial charge in [0.1, 0.15) is 0 Å². The maximum atomic E-state index is 11.1. The van der Waals surface area contributed by atoms with Crippen LogP contribution in [0, 0.1) is 5.41 Å². The van der Waals surface area contributed by atoms with Crippen LogP contribution in [-0.2, 0) is 11.3 Å². The Labute approximate surface area is 173 Å². The Morgan fingerprint density at radius 2 is 1.88 bits per heavy atom. The van der Waals surface area contributed by atoms with Crippen LogP contribution in [0.1, 0.15) is 48.0 Å². The molecule has 1 aromatic carbocycles. The molecule has 1 aliphatic rings. The largest absolute Gasteiger partial charge is 0.385 e. The lowest BCUT2D eigenvalue weighted by atomic mass is 9.83. The summed E-state index contributed by atoms with van der Waals surface area (Å²) in [6, 6.07) is 7.29. The van der Waals surface area contributed by atoms with Crippen molar-refractivity contribution in [2.75, 3.05) is 27.3 Å². The number of nitrogens with one attached hydrogen (secondary N) is 2. The summed E-state index contributed by atoms with van der Waals surface area (Å²) < 4.78 is 5.29. The maximum Gasteiger partial charge on any atom is 0.248 e. The van der Waals surface area contributed by atoms with Crippen molar-refractivity contribution in [2.24, 2.45) is 16.1 Å². The molecule has 6 nitrogen and oxygen atoms in total. The Balaban J connectivity index is 0.00000338. The van der Waals surface area contributed by atoms with Gasteiger partial charge in [-0.05, 0) is 42.4 Å². The fourth-order valence-electron chi connectivity index (χ4n) is 3.42. The minimum Gasteiger partial charge on any atom is -0.385 e. The minimum absolute atomic E-state index is 0. The van der Waals surface area contributed by atoms with Gasteiger partial charge in [0.05, 0.1) is 0 Å². The van der Waals surface area contributed by atoms with Crippen molar-refractivity contribution in [2.45, 2.75) is 38.6 Å². The number of aliphatic imine (C=N–C) groups is 1. The van der Waals surface area contributed by atoms with E-state index in [0.717, 1.165) is 31.1 Å². The van der Waals surface area contributed by atoms with Crippen LogP contribution in [0.4, 0.5) is 0 Å². The van der Waals surface area contributed by atoms with E-state index < -0.39 is 5.91 Å². The molecule has 1 saturated carbocycles. The SMILES string of the molecule is CN=C(NCc1ccc(C(N)=O)cc1)NCC1(CCOC)CCCC1.I. The van der Waals surface area contributed by atoms with Crippen molar-refractivity contribution in [3.63, 3.8) is 0 Å². The molecular formula is C19H31IN4O2. The molecule has 0 aromatic heterocycles. The van der Waals surface area contributed by atoms with E-state index in [-0.39, 0.29) is 24.0 Å². The summed E-state index contributed by atoms with van der Waals surface area (Å²) in [7, 11) is 3.54. The first-order valence-corrected chi connectivity index (χ1v) is 8.91. The van der Waals surface area contributed by atoms with Gasteiger partial charge in [-0.1, -0.05) is 25.0 Å². The van der Waals surface area contributed by atoms with Crippen molar-refractivity contribution in [1.82, 2.24) is 10.6 Å². The van der Waals surface area contributed by atoms with Gasteiger partial charge in [-0.15, -0.1) is 24.0 Å². The van der Waals surface area contributed by atoms with Crippen LogP contribution in [0.25, 0.3) is 0 Å². The molecule has 0 radical (unpaired) electrons. The van der Waals surface area contributed by atoms with E-state index in [9.17, 15) is 4.79 Å². The normalized spacial score (nSPS) is 16.0. The van der Waals surface area contributed by atoms with Gasteiger partial charge < -0.3 is 21.1 Å². The number of primary amides is 1. The molecule has 2 rings (SSSR count). The first-order chi connectivity index (χ1) is 12.1. The Kier molecular flexibility index (Phi) is 9.93. The predicted octanol–water partition coefficient (Wildman–Crippen LogP) is 2.67. The van der Waals surface area contributed by atoms with E-state index in [0.29, 0.717) is 17.5 Å². The van der Waals surface area contributed by atoms with Gasteiger partial charge in [0, 0.05) is 39.4 Å². The third-order valence-corrected chi connectivity index (χ3v) is 5.05. The van der Waals surface area contributed by atoms with E-state index in [2.05, 4.69) is 15.6 Å². The number of carbonyl (C=O) groups excluding carboxylic acids is 1. The number of guanidine groups is 1. The summed E-state index contributed by atoms with van der Waals surface area (Å²) in [5.41, 5.74) is 7.17. The molecular weight excluding hydrogens is 443 g/mol. The molecule has 1 amide bonds. The number of amides is 1. The molecule has 1 fully saturated rings. The van der Waals surface area contributed by atoms with Crippen LogP contribution in [0.3, 0.4) is 0 Å². The zero-order valence-corrected chi connectivity index (χ0v) is 18.0. The average molecular weight is 474 g/mol. The molecule has 0 atom stereocenters. The van der Waals surface area contributed by atoms with Crippen LogP contribution < -0.4 is 16.4 Å². The third-order valence-electron chi connectivity index (χ3n) is 5.05. The number of halogens is 1. The molecule has 26 heavy (non-hydrogen) atoms. The van der Waals surface area contributed by atoms with E-state index in [1.54, 1.807) is 26.3 Å². The Morgan fingerprint density at radius 3 is 2.42 bits per heavy atom. The number of hydrogen-bond acceptors (Lipinski definition) is 3. The predicted molar refractivity (Wildman–Crippen MR) is 116 cm³/mol. The van der Waals surface area contributed by atoms with Gasteiger partial charge in [0.25, 0.3) is 0 Å². The maximum absolute atomic E-state index is 11.1. The van der Waals surface area contributed by atoms with Crippen molar-refractivity contribution in [3.05, 3.63) is 35.4 Å². The standard InChI is InChI=1S/C19H30N4O2.HI/c1-21-18(22-13-15-5-7-16(8-6-15)17(20)24)23-14-19(11-12-25-2)9-3-4-10-19;/h5-8H,3-4,9-14H2,1-2H3,(H2,20,24)(H2,21,22,23);1H. The number of nitrogens with zero attached hydrogens (tertiary/aromatic N) is 1. The number of benzene rings is 1. The topological polar surface area (TPSA) is 88.7 Å². The average Bonchev–Trinajstić information content (AvgIpc) is 3.09. The zero-order valence-electron chi connectivity index (χ0n) is 15.7. The highest BCUT2D eigenvalue weighted by Crippen LogP contribution is 2.40. The monoisotopic (exact) mass is 474 g/mol. The van der Waals surface area contributed by atoms with Gasteiger partial charge in [0.2, 0.25) is 5.91 Å². The Morgan fingerprint density at radius 1 is 1.23 bits per heavy atom. The highest BCUT2D eigenvalue weighted by Gasteiger charge is 2.33. The molecule has 0 spiro atoms. The van der Waals surface area contributed by atoms with Crippen LogP contribution >= 0.6 is 24.0 Å². The van der Waals surface area contributed by atoms with Crippen molar-refractivity contribution in [1.29, 1.82) is 0 Å². The number of carbonyl (C=O) groups is 1. The zero-order chi connectivity index (χ0) is 18.1. The summed E-state index contributed by atoms with van der Waals surface area (Å²) in [4.78, 5) is 15.4. The summed E-state index contributed by atoms with van der Waals surface area (Å²) >= 11 is 0. The number of hydrogen-bond donors (Lipinski definition) is 3. The summed E-state index contributed by atoms with van der Waals surface area (Å²) in [6.07, 6.45) is 6.17. The smallest absolute Gasteiger partial charge is 0.248 e. The third kappa shape index (κ3) is 6.75. The molecule has 0 saturated heterocycles. The number of methoxy groups -OCH3 is 1. The van der Waals surface area contributed by atoms with Crippen LogP contribution in [0.15, 0.2) is 29.3 Å². The minimum atomic E-state index is -0.407. The second-order valence-electron chi connectivity index (χ2n) is 6.79. The van der Waals surface area contributed by atoms with Crippen molar-refractivity contribution in [3.8, 4) is 0 Å². The molecule has 1 aliphatic carbocycles. The van der Waals surface area contributed by atoms with Gasteiger partial charge in [-0.3, -0.25) is 9.79 Å². The number of rotatable bonds is 8. The first-order valence-electron chi connectivity index (χ1n) is 8.91. The molecule has 146 valence electrons. The van der Waals surface area contributed by atoms with Gasteiger partial charge >= 0.3 is 0 Å².